The fourth-order valence-corrected chi connectivity index (χ4v) is 2.38. The quantitative estimate of drug-likeness (QED) is 0.800. The van der Waals surface area contributed by atoms with Crippen molar-refractivity contribution in [3.05, 3.63) is 46.7 Å². The fourth-order valence-electron chi connectivity index (χ4n) is 2.28. The predicted octanol–water partition coefficient (Wildman–Crippen LogP) is 2.27. The van der Waals surface area contributed by atoms with Gasteiger partial charge in [-0.3, -0.25) is 0 Å². The standard InChI is InChI=1S/C13H13ClN4/c14-10-6-16-13(17-7-10)18-5-4-11-9(8-18)2-1-3-12(11)15/h1-3,6-7H,4-5,8,15H2. The van der Waals surface area contributed by atoms with Crippen LogP contribution in [-0.2, 0) is 13.0 Å². The molecular formula is C13H13ClN4. The maximum absolute atomic E-state index is 5.98. The number of rotatable bonds is 1. The molecule has 0 fully saturated rings. The molecule has 0 saturated carbocycles. The second-order valence-corrected chi connectivity index (χ2v) is 4.79. The van der Waals surface area contributed by atoms with E-state index in [4.69, 9.17) is 17.3 Å². The van der Waals surface area contributed by atoms with E-state index >= 15 is 0 Å². The summed E-state index contributed by atoms with van der Waals surface area (Å²) in [5.74, 6) is 0.715. The second-order valence-electron chi connectivity index (χ2n) is 4.36. The summed E-state index contributed by atoms with van der Waals surface area (Å²) in [6.45, 7) is 1.67. The molecule has 0 amide bonds. The molecule has 92 valence electrons. The van der Waals surface area contributed by atoms with Crippen molar-refractivity contribution < 1.29 is 0 Å². The first-order valence-corrected chi connectivity index (χ1v) is 6.20. The molecule has 0 bridgehead atoms. The first kappa shape index (κ1) is 11.3. The van der Waals surface area contributed by atoms with Gasteiger partial charge in [-0.05, 0) is 23.6 Å². The number of nitrogens with two attached hydrogens (primary N) is 1. The molecular weight excluding hydrogens is 248 g/mol. The zero-order valence-electron chi connectivity index (χ0n) is 9.81. The van der Waals surface area contributed by atoms with Crippen molar-refractivity contribution in [1.82, 2.24) is 9.97 Å². The van der Waals surface area contributed by atoms with Crippen LogP contribution in [0.4, 0.5) is 11.6 Å². The van der Waals surface area contributed by atoms with Crippen molar-refractivity contribution in [3.8, 4) is 0 Å². The maximum atomic E-state index is 5.98. The topological polar surface area (TPSA) is 55.0 Å². The number of hydrogen-bond acceptors (Lipinski definition) is 4. The van der Waals surface area contributed by atoms with Crippen LogP contribution >= 0.6 is 11.6 Å². The van der Waals surface area contributed by atoms with Gasteiger partial charge in [-0.15, -0.1) is 0 Å². The second kappa shape index (κ2) is 4.46. The Morgan fingerprint density at radius 1 is 1.22 bits per heavy atom. The number of fused-ring (bicyclic) bond motifs is 1. The van der Waals surface area contributed by atoms with E-state index in [0.717, 1.165) is 25.2 Å². The van der Waals surface area contributed by atoms with E-state index in [0.29, 0.717) is 11.0 Å². The molecule has 1 aromatic heterocycles. The summed E-state index contributed by atoms with van der Waals surface area (Å²) in [6.07, 6.45) is 4.17. The van der Waals surface area contributed by atoms with E-state index in [-0.39, 0.29) is 0 Å². The highest BCUT2D eigenvalue weighted by atomic mass is 35.5. The number of hydrogen-bond donors (Lipinski definition) is 1. The molecule has 0 saturated heterocycles. The van der Waals surface area contributed by atoms with Crippen molar-refractivity contribution in [2.24, 2.45) is 0 Å². The Morgan fingerprint density at radius 3 is 2.78 bits per heavy atom. The third-order valence-corrected chi connectivity index (χ3v) is 3.39. The average Bonchev–Trinajstić information content (AvgIpc) is 2.39. The van der Waals surface area contributed by atoms with Crippen molar-refractivity contribution in [2.75, 3.05) is 17.2 Å². The minimum Gasteiger partial charge on any atom is -0.398 e. The third kappa shape index (κ3) is 1.99. The molecule has 1 aliphatic rings. The van der Waals surface area contributed by atoms with Crippen LogP contribution in [0.5, 0.6) is 0 Å². The summed E-state index contributed by atoms with van der Waals surface area (Å²) in [6, 6.07) is 6.04. The molecule has 0 aliphatic carbocycles. The molecule has 0 atom stereocenters. The van der Waals surface area contributed by atoms with Gasteiger partial charge in [0.25, 0.3) is 0 Å². The van der Waals surface area contributed by atoms with Gasteiger partial charge < -0.3 is 10.6 Å². The number of nitrogen functional groups attached to an aromatic ring is 1. The lowest BCUT2D eigenvalue weighted by Gasteiger charge is -2.29. The summed E-state index contributed by atoms with van der Waals surface area (Å²) in [4.78, 5) is 10.6. The third-order valence-electron chi connectivity index (χ3n) is 3.19. The van der Waals surface area contributed by atoms with Crippen LogP contribution < -0.4 is 10.6 Å². The predicted molar refractivity (Wildman–Crippen MR) is 72.7 cm³/mol. The van der Waals surface area contributed by atoms with Gasteiger partial charge >= 0.3 is 0 Å². The molecule has 1 aromatic carbocycles. The molecule has 0 spiro atoms. The highest BCUT2D eigenvalue weighted by molar-refractivity contribution is 6.30. The molecule has 3 rings (SSSR count). The first-order valence-electron chi connectivity index (χ1n) is 5.83. The lowest BCUT2D eigenvalue weighted by molar-refractivity contribution is 0.709. The lowest BCUT2D eigenvalue weighted by Crippen LogP contribution is -2.32. The summed E-state index contributed by atoms with van der Waals surface area (Å²) in [5, 5.41) is 0.556. The molecule has 4 nitrogen and oxygen atoms in total. The molecule has 5 heteroatoms. The summed E-state index contributed by atoms with van der Waals surface area (Å²) in [7, 11) is 0. The average molecular weight is 261 g/mol. The lowest BCUT2D eigenvalue weighted by atomic mass is 9.98. The minimum absolute atomic E-state index is 0.556. The molecule has 1 aliphatic heterocycles. The van der Waals surface area contributed by atoms with Crippen LogP contribution in [0.25, 0.3) is 0 Å². The monoisotopic (exact) mass is 260 g/mol. The Labute approximate surface area is 110 Å². The molecule has 2 aromatic rings. The number of benzene rings is 1. The van der Waals surface area contributed by atoms with Crippen LogP contribution in [0.2, 0.25) is 5.02 Å². The Morgan fingerprint density at radius 2 is 2.00 bits per heavy atom. The number of halogens is 1. The zero-order chi connectivity index (χ0) is 12.5. The Balaban J connectivity index is 1.89. The van der Waals surface area contributed by atoms with Gasteiger partial charge in [-0.2, -0.15) is 0 Å². The number of nitrogens with zero attached hydrogens (tertiary/aromatic N) is 3. The van der Waals surface area contributed by atoms with Crippen LogP contribution in [0.3, 0.4) is 0 Å². The number of aromatic nitrogens is 2. The molecule has 2 N–H and O–H groups in total. The van der Waals surface area contributed by atoms with E-state index in [2.05, 4.69) is 20.9 Å². The van der Waals surface area contributed by atoms with Gasteiger partial charge in [-0.25, -0.2) is 9.97 Å². The summed E-state index contributed by atoms with van der Waals surface area (Å²) >= 11 is 5.79. The van der Waals surface area contributed by atoms with Crippen LogP contribution in [0.1, 0.15) is 11.1 Å². The zero-order valence-corrected chi connectivity index (χ0v) is 10.6. The van der Waals surface area contributed by atoms with Gasteiger partial charge in [0.05, 0.1) is 17.4 Å². The Bertz CT molecular complexity index is 568. The van der Waals surface area contributed by atoms with Crippen molar-refractivity contribution in [1.29, 1.82) is 0 Å². The van der Waals surface area contributed by atoms with Gasteiger partial charge in [-0.1, -0.05) is 23.7 Å². The smallest absolute Gasteiger partial charge is 0.225 e. The van der Waals surface area contributed by atoms with E-state index < -0.39 is 0 Å². The fraction of sp³-hybridized carbons (Fsp3) is 0.231. The maximum Gasteiger partial charge on any atom is 0.225 e. The molecule has 0 unspecified atom stereocenters. The molecule has 2 heterocycles. The van der Waals surface area contributed by atoms with Crippen molar-refractivity contribution in [3.63, 3.8) is 0 Å². The van der Waals surface area contributed by atoms with E-state index in [1.165, 1.54) is 11.1 Å². The minimum atomic E-state index is 0.556. The van der Waals surface area contributed by atoms with Gasteiger partial charge in [0.15, 0.2) is 0 Å². The van der Waals surface area contributed by atoms with Crippen LogP contribution in [-0.4, -0.2) is 16.5 Å². The highest BCUT2D eigenvalue weighted by Gasteiger charge is 2.19. The van der Waals surface area contributed by atoms with Crippen molar-refractivity contribution in [2.45, 2.75) is 13.0 Å². The van der Waals surface area contributed by atoms with Gasteiger partial charge in [0.2, 0.25) is 5.95 Å². The van der Waals surface area contributed by atoms with Crippen LogP contribution in [0, 0.1) is 0 Å². The Hall–Kier alpha value is -1.81. The van der Waals surface area contributed by atoms with Crippen LogP contribution in [0.15, 0.2) is 30.6 Å². The summed E-state index contributed by atoms with van der Waals surface area (Å²) < 4.78 is 0. The molecule has 18 heavy (non-hydrogen) atoms. The van der Waals surface area contributed by atoms with E-state index in [1.807, 2.05) is 12.1 Å². The molecule has 0 radical (unpaired) electrons. The van der Waals surface area contributed by atoms with Crippen molar-refractivity contribution >= 4 is 23.2 Å². The largest absolute Gasteiger partial charge is 0.398 e. The van der Waals surface area contributed by atoms with E-state index in [9.17, 15) is 0 Å². The number of anilines is 2. The SMILES string of the molecule is Nc1cccc2c1CCN(c1ncc(Cl)cn1)C2. The van der Waals surface area contributed by atoms with E-state index in [1.54, 1.807) is 12.4 Å². The summed E-state index contributed by atoms with van der Waals surface area (Å²) in [5.41, 5.74) is 9.36. The van der Waals surface area contributed by atoms with Gasteiger partial charge in [0, 0.05) is 18.8 Å². The normalized spacial score (nSPS) is 14.4. The highest BCUT2D eigenvalue weighted by Crippen LogP contribution is 2.26. The first-order chi connectivity index (χ1) is 8.74. The Kier molecular flexibility index (Phi) is 2.80. The van der Waals surface area contributed by atoms with Gasteiger partial charge in [0.1, 0.15) is 0 Å².